The Balaban J connectivity index is 1.77. The number of benzene rings is 2. The number of aromatic amines is 2. The lowest BCUT2D eigenvalue weighted by Gasteiger charge is -2.04. The van der Waals surface area contributed by atoms with Crippen LogP contribution in [-0.4, -0.2) is 10.2 Å². The van der Waals surface area contributed by atoms with Gasteiger partial charge in [0.05, 0.1) is 5.69 Å². The normalized spacial score (nSPS) is 11.3. The van der Waals surface area contributed by atoms with E-state index in [0.717, 1.165) is 33.5 Å². The Kier molecular flexibility index (Phi) is 2.47. The molecule has 0 fully saturated rings. The highest BCUT2D eigenvalue weighted by Gasteiger charge is 2.17. The fourth-order valence-corrected chi connectivity index (χ4v) is 2.55. The number of hydrogen-bond donors (Lipinski definition) is 3. The van der Waals surface area contributed by atoms with Crippen molar-refractivity contribution in [2.45, 2.75) is 0 Å². The average Bonchev–Trinajstić information content (AvgIpc) is 3.01. The summed E-state index contributed by atoms with van der Waals surface area (Å²) < 4.78 is 26.2. The molecule has 1 aliphatic carbocycles. The van der Waals surface area contributed by atoms with Crippen molar-refractivity contribution in [3.05, 3.63) is 60.2 Å². The van der Waals surface area contributed by atoms with Crippen LogP contribution in [0.4, 0.5) is 20.3 Å². The standard InChI is InChI=1S/C16H11F2N3/c17-10-1-4-12(5-2-10)19-16-14-8-9-7-11(18)3-6-13(9)15(14)20-21-16/h1-8,19-21H. The maximum Gasteiger partial charge on any atom is 0.132 e. The summed E-state index contributed by atoms with van der Waals surface area (Å²) in [5.41, 5.74) is 2.61. The van der Waals surface area contributed by atoms with Crippen LogP contribution in [0.1, 0.15) is 0 Å². The van der Waals surface area contributed by atoms with Crippen molar-refractivity contribution < 1.29 is 8.78 Å². The maximum absolute atomic E-state index is 13.3. The first-order chi connectivity index (χ1) is 10.2. The molecule has 0 unspecified atom stereocenters. The molecule has 0 bridgehead atoms. The van der Waals surface area contributed by atoms with E-state index in [2.05, 4.69) is 15.5 Å². The van der Waals surface area contributed by atoms with Gasteiger partial charge in [-0.1, -0.05) is 0 Å². The largest absolute Gasteiger partial charge is 0.340 e. The van der Waals surface area contributed by atoms with Crippen LogP contribution < -0.4 is 5.32 Å². The van der Waals surface area contributed by atoms with Gasteiger partial charge in [-0.05, 0) is 53.9 Å². The molecule has 4 rings (SSSR count). The van der Waals surface area contributed by atoms with Crippen molar-refractivity contribution in [2.24, 2.45) is 0 Å². The van der Waals surface area contributed by atoms with Gasteiger partial charge in [0.1, 0.15) is 17.5 Å². The molecule has 0 aromatic heterocycles. The summed E-state index contributed by atoms with van der Waals surface area (Å²) in [6.07, 6.45) is 0. The minimum Gasteiger partial charge on any atom is -0.340 e. The van der Waals surface area contributed by atoms with Gasteiger partial charge in [0.15, 0.2) is 0 Å². The van der Waals surface area contributed by atoms with Crippen molar-refractivity contribution >= 4 is 22.3 Å². The van der Waals surface area contributed by atoms with Gasteiger partial charge in [-0.15, -0.1) is 0 Å². The molecule has 5 heteroatoms. The quantitative estimate of drug-likeness (QED) is 0.493. The SMILES string of the molecule is Fc1ccc(Nc2[nH][nH]c3c4ccc(F)cc4cc2-3)cc1. The van der Waals surface area contributed by atoms with Crippen LogP contribution in [0, 0.1) is 11.6 Å². The van der Waals surface area contributed by atoms with Crippen molar-refractivity contribution in [2.75, 3.05) is 5.32 Å². The van der Waals surface area contributed by atoms with Crippen molar-refractivity contribution in [3.63, 3.8) is 0 Å². The van der Waals surface area contributed by atoms with Crippen molar-refractivity contribution in [1.29, 1.82) is 0 Å². The third kappa shape index (κ3) is 1.94. The fourth-order valence-electron chi connectivity index (χ4n) is 2.55. The van der Waals surface area contributed by atoms with E-state index in [0.29, 0.717) is 0 Å². The molecule has 0 amide bonds. The highest BCUT2D eigenvalue weighted by molar-refractivity contribution is 6.04. The molecule has 0 saturated heterocycles. The second-order valence-electron chi connectivity index (χ2n) is 4.92. The molecule has 1 aliphatic heterocycles. The zero-order valence-corrected chi connectivity index (χ0v) is 10.9. The predicted octanol–water partition coefficient (Wildman–Crippen LogP) is 4.62. The average molecular weight is 283 g/mol. The molecule has 2 aliphatic rings. The second-order valence-corrected chi connectivity index (χ2v) is 4.92. The van der Waals surface area contributed by atoms with Crippen LogP contribution in [0.2, 0.25) is 0 Å². The first-order valence-corrected chi connectivity index (χ1v) is 6.51. The highest BCUT2D eigenvalue weighted by atomic mass is 19.1. The topological polar surface area (TPSA) is 43.6 Å². The Hall–Kier alpha value is -2.82. The summed E-state index contributed by atoms with van der Waals surface area (Å²) in [5, 5.41) is 11.1. The van der Waals surface area contributed by atoms with Crippen molar-refractivity contribution in [3.8, 4) is 11.3 Å². The number of anilines is 2. The van der Waals surface area contributed by atoms with Crippen LogP contribution in [0.15, 0.2) is 48.5 Å². The Morgan fingerprint density at radius 3 is 2.38 bits per heavy atom. The Labute approximate surface area is 118 Å². The lowest BCUT2D eigenvalue weighted by atomic mass is 10.2. The molecule has 0 atom stereocenters. The summed E-state index contributed by atoms with van der Waals surface area (Å²) in [4.78, 5) is 0. The number of nitrogens with one attached hydrogen (secondary N) is 3. The molecular formula is C16H11F2N3. The molecule has 2 aromatic rings. The molecule has 3 N–H and O–H groups in total. The minimum absolute atomic E-state index is 0.257. The highest BCUT2D eigenvalue weighted by Crippen LogP contribution is 2.38. The second kappa shape index (κ2) is 4.34. The van der Waals surface area contributed by atoms with Crippen LogP contribution in [-0.2, 0) is 0 Å². The summed E-state index contributed by atoms with van der Waals surface area (Å²) in [6, 6.07) is 12.7. The Morgan fingerprint density at radius 2 is 1.57 bits per heavy atom. The fraction of sp³-hybridized carbons (Fsp3) is 0. The predicted molar refractivity (Wildman–Crippen MR) is 78.9 cm³/mol. The minimum atomic E-state index is -0.279. The number of aromatic nitrogens is 2. The maximum atomic E-state index is 13.3. The van der Waals surface area contributed by atoms with Crippen LogP contribution in [0.5, 0.6) is 0 Å². The third-order valence-corrected chi connectivity index (χ3v) is 3.55. The van der Waals surface area contributed by atoms with Crippen LogP contribution in [0.25, 0.3) is 22.0 Å². The van der Waals surface area contributed by atoms with Gasteiger partial charge in [-0.25, -0.2) is 8.78 Å². The Morgan fingerprint density at radius 1 is 0.810 bits per heavy atom. The van der Waals surface area contributed by atoms with E-state index < -0.39 is 0 Å². The van der Waals surface area contributed by atoms with Crippen molar-refractivity contribution in [1.82, 2.24) is 10.2 Å². The van der Waals surface area contributed by atoms with Gasteiger partial charge in [-0.3, -0.25) is 10.2 Å². The van der Waals surface area contributed by atoms with E-state index in [-0.39, 0.29) is 11.6 Å². The summed E-state index contributed by atoms with van der Waals surface area (Å²) in [5.74, 6) is 0.221. The van der Waals surface area contributed by atoms with E-state index in [1.54, 1.807) is 18.2 Å². The number of fused-ring (bicyclic) bond motifs is 3. The summed E-state index contributed by atoms with van der Waals surface area (Å²) >= 11 is 0. The summed E-state index contributed by atoms with van der Waals surface area (Å²) in [6.45, 7) is 0. The lowest BCUT2D eigenvalue weighted by molar-refractivity contribution is 0.628. The molecule has 21 heavy (non-hydrogen) atoms. The number of halogens is 2. The number of rotatable bonds is 2. The summed E-state index contributed by atoms with van der Waals surface area (Å²) in [7, 11) is 0. The van der Waals surface area contributed by atoms with E-state index in [1.807, 2.05) is 6.07 Å². The molecular weight excluding hydrogens is 272 g/mol. The van der Waals surface area contributed by atoms with E-state index in [4.69, 9.17) is 0 Å². The molecule has 2 aromatic carbocycles. The van der Waals surface area contributed by atoms with E-state index >= 15 is 0 Å². The molecule has 0 spiro atoms. The van der Waals surface area contributed by atoms with E-state index in [9.17, 15) is 8.78 Å². The van der Waals surface area contributed by atoms with Gasteiger partial charge in [0, 0.05) is 16.6 Å². The smallest absolute Gasteiger partial charge is 0.132 e. The number of H-pyrrole nitrogens is 2. The van der Waals surface area contributed by atoms with Gasteiger partial charge < -0.3 is 5.32 Å². The monoisotopic (exact) mass is 283 g/mol. The van der Waals surface area contributed by atoms with Crippen LogP contribution in [0.3, 0.4) is 0 Å². The van der Waals surface area contributed by atoms with Gasteiger partial charge >= 0.3 is 0 Å². The first-order valence-electron chi connectivity index (χ1n) is 6.51. The molecule has 1 heterocycles. The zero-order chi connectivity index (χ0) is 14.4. The molecule has 0 radical (unpaired) electrons. The molecule has 0 saturated carbocycles. The molecule has 104 valence electrons. The van der Waals surface area contributed by atoms with Gasteiger partial charge in [0.25, 0.3) is 0 Å². The van der Waals surface area contributed by atoms with Crippen LogP contribution >= 0.6 is 0 Å². The van der Waals surface area contributed by atoms with Gasteiger partial charge in [-0.2, -0.15) is 0 Å². The Bertz CT molecular complexity index is 890. The lowest BCUT2D eigenvalue weighted by Crippen LogP contribution is -1.91. The zero-order valence-electron chi connectivity index (χ0n) is 10.9. The third-order valence-electron chi connectivity index (χ3n) is 3.55. The molecule has 3 nitrogen and oxygen atoms in total. The first kappa shape index (κ1) is 12.0. The number of hydrogen-bond acceptors (Lipinski definition) is 1. The van der Waals surface area contributed by atoms with Gasteiger partial charge in [0.2, 0.25) is 0 Å². The van der Waals surface area contributed by atoms with E-state index in [1.165, 1.54) is 24.3 Å².